The molecule has 1 aromatic carbocycles. The molecule has 7 heteroatoms. The smallest absolute Gasteiger partial charge is 0.225 e. The topological polar surface area (TPSA) is 67.3 Å². The monoisotopic (exact) mass is 414 g/mol. The fraction of sp³-hybridized carbons (Fsp3) is 0.591. The van der Waals surface area contributed by atoms with Crippen LogP contribution in [-0.4, -0.2) is 41.5 Å². The van der Waals surface area contributed by atoms with E-state index >= 15 is 0 Å². The van der Waals surface area contributed by atoms with Crippen molar-refractivity contribution in [3.63, 3.8) is 0 Å². The Hall–Kier alpha value is -2.15. The van der Waals surface area contributed by atoms with Crippen LogP contribution in [0.2, 0.25) is 0 Å². The number of carbonyl (C=O) groups excluding carboxylic acids is 1. The molecule has 1 saturated heterocycles. The van der Waals surface area contributed by atoms with Gasteiger partial charge in [-0.05, 0) is 43.4 Å². The summed E-state index contributed by atoms with van der Waals surface area (Å²) >= 11 is 1.44. The summed E-state index contributed by atoms with van der Waals surface area (Å²) < 4.78 is 9.85. The minimum atomic E-state index is 0.0522. The molecular formula is C22H30N4O2S. The van der Waals surface area contributed by atoms with Crippen molar-refractivity contribution >= 4 is 22.6 Å². The van der Waals surface area contributed by atoms with E-state index in [9.17, 15) is 4.79 Å². The van der Waals surface area contributed by atoms with Crippen molar-refractivity contribution in [3.8, 4) is 5.75 Å². The summed E-state index contributed by atoms with van der Waals surface area (Å²) in [6, 6.07) is 8.39. The van der Waals surface area contributed by atoms with Crippen LogP contribution in [0.15, 0.2) is 24.3 Å². The molecule has 2 fully saturated rings. The molecule has 2 aliphatic rings. The summed E-state index contributed by atoms with van der Waals surface area (Å²) in [4.78, 5) is 19.8. The standard InChI is InChI=1S/C22H30N4O2S/c1-28-19-11-5-7-16(13-19)14-20-24-22(29-25-20)26-12-6-8-17(15-26)21(27)23-18-9-3-2-4-10-18/h5,7,11,13,17-18H,2-4,6,8-10,12,14-15H2,1H3,(H,23,27)/t17-/m1/s1. The van der Waals surface area contributed by atoms with Crippen LogP contribution in [0.25, 0.3) is 0 Å². The molecule has 29 heavy (non-hydrogen) atoms. The number of hydrogen-bond donors (Lipinski definition) is 1. The van der Waals surface area contributed by atoms with Gasteiger partial charge in [-0.2, -0.15) is 4.37 Å². The molecule has 1 amide bonds. The van der Waals surface area contributed by atoms with Gasteiger partial charge in [-0.3, -0.25) is 4.79 Å². The van der Waals surface area contributed by atoms with Gasteiger partial charge in [0.1, 0.15) is 11.6 Å². The maximum Gasteiger partial charge on any atom is 0.225 e. The third-order valence-corrected chi connectivity index (χ3v) is 6.78. The van der Waals surface area contributed by atoms with Crippen molar-refractivity contribution < 1.29 is 9.53 Å². The highest BCUT2D eigenvalue weighted by molar-refractivity contribution is 7.09. The number of benzene rings is 1. The highest BCUT2D eigenvalue weighted by Gasteiger charge is 2.29. The van der Waals surface area contributed by atoms with Gasteiger partial charge in [-0.1, -0.05) is 31.4 Å². The minimum absolute atomic E-state index is 0.0522. The first-order valence-corrected chi connectivity index (χ1v) is 11.5. The number of nitrogens with zero attached hydrogens (tertiary/aromatic N) is 3. The van der Waals surface area contributed by atoms with Gasteiger partial charge in [-0.15, -0.1) is 0 Å². The van der Waals surface area contributed by atoms with Gasteiger partial charge in [0.25, 0.3) is 0 Å². The van der Waals surface area contributed by atoms with Crippen LogP contribution in [0.1, 0.15) is 56.3 Å². The summed E-state index contributed by atoms with van der Waals surface area (Å²) in [7, 11) is 1.68. The molecule has 0 spiro atoms. The SMILES string of the molecule is COc1cccc(Cc2nsc(N3CCC[C@@H](C(=O)NC4CCCCC4)C3)n2)c1. The Balaban J connectivity index is 1.35. The summed E-state index contributed by atoms with van der Waals surface area (Å²) in [6.07, 6.45) is 8.72. The molecule has 0 radical (unpaired) electrons. The lowest BCUT2D eigenvalue weighted by Gasteiger charge is -2.33. The highest BCUT2D eigenvalue weighted by Crippen LogP contribution is 2.26. The van der Waals surface area contributed by atoms with Crippen molar-refractivity contribution in [1.82, 2.24) is 14.7 Å². The van der Waals surface area contributed by atoms with Crippen LogP contribution in [0, 0.1) is 5.92 Å². The Morgan fingerprint density at radius 3 is 2.93 bits per heavy atom. The van der Waals surface area contributed by atoms with E-state index in [0.29, 0.717) is 12.5 Å². The molecule has 0 bridgehead atoms. The second-order valence-electron chi connectivity index (χ2n) is 8.15. The molecule has 1 aromatic heterocycles. The normalized spacial score (nSPS) is 20.4. The van der Waals surface area contributed by atoms with Gasteiger partial charge in [-0.25, -0.2) is 4.98 Å². The summed E-state index contributed by atoms with van der Waals surface area (Å²) in [6.45, 7) is 1.69. The van der Waals surface area contributed by atoms with Crippen LogP contribution in [0.4, 0.5) is 5.13 Å². The number of piperidine rings is 1. The Morgan fingerprint density at radius 2 is 2.10 bits per heavy atom. The lowest BCUT2D eigenvalue weighted by atomic mass is 9.93. The van der Waals surface area contributed by atoms with Gasteiger partial charge < -0.3 is 15.0 Å². The maximum atomic E-state index is 12.8. The third kappa shape index (κ3) is 5.26. The van der Waals surface area contributed by atoms with Crippen LogP contribution in [0.5, 0.6) is 5.75 Å². The second-order valence-corrected chi connectivity index (χ2v) is 8.88. The van der Waals surface area contributed by atoms with E-state index in [2.05, 4.69) is 20.7 Å². The number of nitrogens with one attached hydrogen (secondary N) is 1. The first-order valence-electron chi connectivity index (χ1n) is 10.7. The van der Waals surface area contributed by atoms with Crippen molar-refractivity contribution in [2.75, 3.05) is 25.1 Å². The van der Waals surface area contributed by atoms with Gasteiger partial charge in [0, 0.05) is 37.1 Å². The van der Waals surface area contributed by atoms with Crippen LogP contribution in [0.3, 0.4) is 0 Å². The highest BCUT2D eigenvalue weighted by atomic mass is 32.1. The number of rotatable bonds is 6. The number of amides is 1. The van der Waals surface area contributed by atoms with E-state index in [1.807, 2.05) is 18.2 Å². The van der Waals surface area contributed by atoms with E-state index < -0.39 is 0 Å². The maximum absolute atomic E-state index is 12.8. The van der Waals surface area contributed by atoms with E-state index in [1.165, 1.54) is 30.8 Å². The van der Waals surface area contributed by atoms with Gasteiger partial charge in [0.05, 0.1) is 13.0 Å². The predicted octanol–water partition coefficient (Wildman–Crippen LogP) is 3.80. The number of methoxy groups -OCH3 is 1. The minimum Gasteiger partial charge on any atom is -0.497 e. The second kappa shape index (κ2) is 9.57. The lowest BCUT2D eigenvalue weighted by Crippen LogP contribution is -2.46. The molecule has 1 aliphatic heterocycles. The fourth-order valence-electron chi connectivity index (χ4n) is 4.34. The van der Waals surface area contributed by atoms with Gasteiger partial charge in [0.2, 0.25) is 11.0 Å². The van der Waals surface area contributed by atoms with E-state index in [1.54, 1.807) is 7.11 Å². The molecule has 1 aliphatic carbocycles. The molecule has 156 valence electrons. The quantitative estimate of drug-likeness (QED) is 0.779. The summed E-state index contributed by atoms with van der Waals surface area (Å²) in [5.74, 6) is 1.95. The van der Waals surface area contributed by atoms with E-state index in [-0.39, 0.29) is 11.8 Å². The molecule has 6 nitrogen and oxygen atoms in total. The Morgan fingerprint density at radius 1 is 1.24 bits per heavy atom. The number of anilines is 1. The van der Waals surface area contributed by atoms with Crippen LogP contribution < -0.4 is 15.0 Å². The average Bonchev–Trinajstić information content (AvgIpc) is 3.23. The zero-order valence-electron chi connectivity index (χ0n) is 17.1. The zero-order chi connectivity index (χ0) is 20.1. The van der Waals surface area contributed by atoms with Crippen molar-refractivity contribution in [2.24, 2.45) is 5.92 Å². The fourth-order valence-corrected chi connectivity index (χ4v) is 5.06. The number of ether oxygens (including phenoxy) is 1. The molecule has 2 aromatic rings. The van der Waals surface area contributed by atoms with E-state index in [0.717, 1.165) is 61.0 Å². The van der Waals surface area contributed by atoms with Crippen LogP contribution >= 0.6 is 11.5 Å². The predicted molar refractivity (Wildman–Crippen MR) is 116 cm³/mol. The van der Waals surface area contributed by atoms with E-state index in [4.69, 9.17) is 9.72 Å². The van der Waals surface area contributed by atoms with Crippen molar-refractivity contribution in [1.29, 1.82) is 0 Å². The lowest BCUT2D eigenvalue weighted by molar-refractivity contribution is -0.126. The van der Waals surface area contributed by atoms with Gasteiger partial charge in [0.15, 0.2) is 0 Å². The molecule has 4 rings (SSSR count). The number of hydrogen-bond acceptors (Lipinski definition) is 6. The molecular weight excluding hydrogens is 384 g/mol. The third-order valence-electron chi connectivity index (χ3n) is 5.97. The van der Waals surface area contributed by atoms with Crippen molar-refractivity contribution in [3.05, 3.63) is 35.7 Å². The first-order chi connectivity index (χ1) is 14.2. The molecule has 2 heterocycles. The first kappa shape index (κ1) is 20.1. The number of aromatic nitrogens is 2. The molecule has 1 N–H and O–H groups in total. The largest absolute Gasteiger partial charge is 0.497 e. The van der Waals surface area contributed by atoms with Crippen LogP contribution in [-0.2, 0) is 11.2 Å². The molecule has 1 atom stereocenters. The molecule has 1 saturated carbocycles. The van der Waals surface area contributed by atoms with Crippen molar-refractivity contribution in [2.45, 2.75) is 57.4 Å². The molecule has 0 unspecified atom stereocenters. The average molecular weight is 415 g/mol. The Kier molecular flexibility index (Phi) is 6.64. The Bertz CT molecular complexity index is 819. The summed E-state index contributed by atoms with van der Waals surface area (Å²) in [5, 5.41) is 4.23. The number of carbonyl (C=O) groups is 1. The Labute approximate surface area is 176 Å². The van der Waals surface area contributed by atoms with Gasteiger partial charge >= 0.3 is 0 Å². The summed E-state index contributed by atoms with van der Waals surface area (Å²) in [5.41, 5.74) is 1.14. The zero-order valence-corrected chi connectivity index (χ0v) is 17.9.